The number of ether oxygens (including phenoxy) is 2. The summed E-state index contributed by atoms with van der Waals surface area (Å²) in [5, 5.41) is 8.95. The van der Waals surface area contributed by atoms with Crippen molar-refractivity contribution in [3.63, 3.8) is 0 Å². The summed E-state index contributed by atoms with van der Waals surface area (Å²) in [5.41, 5.74) is 5.77. The number of anilines is 1. The lowest BCUT2D eigenvalue weighted by Gasteiger charge is -2.15. The Balaban J connectivity index is 0.000000264. The quantitative estimate of drug-likeness (QED) is 0.281. The second-order valence-electron chi connectivity index (χ2n) is 8.88. The van der Waals surface area contributed by atoms with Crippen molar-refractivity contribution in [2.45, 2.75) is 40.7 Å². The average Bonchev–Trinajstić information content (AvgIpc) is 2.98. The Labute approximate surface area is 219 Å². The highest BCUT2D eigenvalue weighted by molar-refractivity contribution is 6.02. The van der Waals surface area contributed by atoms with Crippen molar-refractivity contribution < 1.29 is 23.9 Å². The minimum Gasteiger partial charge on any atom is -0.489 e. The maximum atomic E-state index is 12.1. The van der Waals surface area contributed by atoms with Gasteiger partial charge >= 0.3 is 0 Å². The Hall–Kier alpha value is -3.91. The van der Waals surface area contributed by atoms with Crippen LogP contribution < -0.4 is 20.7 Å². The number of hydrogen-bond acceptors (Lipinski definition) is 6. The first-order valence-electron chi connectivity index (χ1n) is 12.1. The molecule has 1 aliphatic heterocycles. The molecular weight excluding hydrogens is 470 g/mol. The number of benzene rings is 2. The van der Waals surface area contributed by atoms with E-state index < -0.39 is 0 Å². The maximum Gasteiger partial charge on any atom is 0.249 e. The van der Waals surface area contributed by atoms with E-state index in [0.717, 1.165) is 22.4 Å². The molecular formula is C29H37N3O5. The summed E-state index contributed by atoms with van der Waals surface area (Å²) in [5.74, 6) is 0.330. The van der Waals surface area contributed by atoms with Crippen LogP contribution in [0.4, 0.5) is 5.69 Å². The number of aryl methyl sites for hydroxylation is 2. The summed E-state index contributed by atoms with van der Waals surface area (Å²) in [4.78, 5) is 34.9. The monoisotopic (exact) mass is 507 g/mol. The van der Waals surface area contributed by atoms with Crippen LogP contribution in [-0.4, -0.2) is 50.5 Å². The van der Waals surface area contributed by atoms with Gasteiger partial charge in [-0.05, 0) is 70.0 Å². The van der Waals surface area contributed by atoms with Gasteiger partial charge < -0.3 is 25.4 Å². The molecule has 2 aromatic carbocycles. The minimum atomic E-state index is -0.257. The van der Waals surface area contributed by atoms with E-state index in [4.69, 9.17) is 9.47 Å². The molecule has 8 nitrogen and oxygen atoms in total. The topological polar surface area (TPSA) is 106 Å². The van der Waals surface area contributed by atoms with Gasteiger partial charge in [-0.2, -0.15) is 0 Å². The summed E-state index contributed by atoms with van der Waals surface area (Å²) in [6.07, 6.45) is 1.22. The fourth-order valence-corrected chi connectivity index (χ4v) is 3.58. The van der Waals surface area contributed by atoms with E-state index in [1.54, 1.807) is 21.0 Å². The Morgan fingerprint density at radius 3 is 2.51 bits per heavy atom. The molecule has 0 fully saturated rings. The molecule has 0 spiro atoms. The lowest BCUT2D eigenvalue weighted by atomic mass is 9.98. The number of hydrogen-bond donors (Lipinski definition) is 3. The predicted octanol–water partition coefficient (Wildman–Crippen LogP) is 4.18. The number of ketones is 1. The molecule has 3 rings (SSSR count). The van der Waals surface area contributed by atoms with Crippen LogP contribution in [0.5, 0.6) is 5.75 Å². The van der Waals surface area contributed by atoms with Crippen LogP contribution >= 0.6 is 0 Å². The van der Waals surface area contributed by atoms with Crippen molar-refractivity contribution in [2.75, 3.05) is 32.2 Å². The zero-order valence-electron chi connectivity index (χ0n) is 22.5. The lowest BCUT2D eigenvalue weighted by Crippen LogP contribution is -2.36. The average molecular weight is 508 g/mol. The summed E-state index contributed by atoms with van der Waals surface area (Å²) in [7, 11) is 1.61. The Kier molecular flexibility index (Phi) is 11.1. The molecule has 0 saturated heterocycles. The third kappa shape index (κ3) is 8.61. The third-order valence-corrected chi connectivity index (χ3v) is 5.71. The fraction of sp³-hybridized carbons (Fsp3) is 0.345. The normalized spacial score (nSPS) is 14.9. The first kappa shape index (κ1) is 29.3. The smallest absolute Gasteiger partial charge is 0.249 e. The number of methoxy groups -OCH3 is 1. The van der Waals surface area contributed by atoms with Crippen molar-refractivity contribution in [2.24, 2.45) is 0 Å². The fourth-order valence-electron chi connectivity index (χ4n) is 3.58. The van der Waals surface area contributed by atoms with Crippen LogP contribution in [0.2, 0.25) is 0 Å². The van der Waals surface area contributed by atoms with Gasteiger partial charge in [-0.3, -0.25) is 14.4 Å². The largest absolute Gasteiger partial charge is 0.489 e. The Bertz CT molecular complexity index is 1190. The maximum absolute atomic E-state index is 12.1. The van der Waals surface area contributed by atoms with Gasteiger partial charge in [0.05, 0.1) is 18.0 Å². The second-order valence-corrected chi connectivity index (χ2v) is 8.88. The van der Waals surface area contributed by atoms with E-state index in [0.29, 0.717) is 42.3 Å². The van der Waals surface area contributed by atoms with Gasteiger partial charge in [0.25, 0.3) is 0 Å². The molecule has 0 aliphatic carbocycles. The SMILES string of the molecule is C=CC(=O)Nc1cc(C)ccc1OCCOC.CC(=O)c1ccc(C)c(C2=C(C)C(=O)N[C@H](C)CN2)c1. The van der Waals surface area contributed by atoms with E-state index >= 15 is 0 Å². The Morgan fingerprint density at radius 1 is 1.14 bits per heavy atom. The molecule has 1 atom stereocenters. The molecule has 1 heterocycles. The van der Waals surface area contributed by atoms with Crippen molar-refractivity contribution in [3.05, 3.63) is 76.9 Å². The molecule has 2 amide bonds. The van der Waals surface area contributed by atoms with Gasteiger partial charge in [0.1, 0.15) is 12.4 Å². The van der Waals surface area contributed by atoms with Gasteiger partial charge in [0, 0.05) is 36.4 Å². The molecule has 198 valence electrons. The number of carbonyl (C=O) groups excluding carboxylic acids is 3. The molecule has 0 unspecified atom stereocenters. The molecule has 0 bridgehead atoms. The number of carbonyl (C=O) groups is 3. The highest BCUT2D eigenvalue weighted by atomic mass is 16.5. The highest BCUT2D eigenvalue weighted by Gasteiger charge is 2.20. The molecule has 1 aliphatic rings. The molecule has 0 radical (unpaired) electrons. The molecule has 2 aromatic rings. The van der Waals surface area contributed by atoms with Gasteiger partial charge in [-0.25, -0.2) is 0 Å². The molecule has 3 N–H and O–H groups in total. The van der Waals surface area contributed by atoms with Crippen LogP contribution in [-0.2, 0) is 14.3 Å². The molecule has 8 heteroatoms. The van der Waals surface area contributed by atoms with Crippen LogP contribution in [0, 0.1) is 13.8 Å². The van der Waals surface area contributed by atoms with Crippen molar-refractivity contribution in [1.29, 1.82) is 0 Å². The lowest BCUT2D eigenvalue weighted by molar-refractivity contribution is -0.117. The molecule has 0 saturated carbocycles. The Morgan fingerprint density at radius 2 is 1.86 bits per heavy atom. The standard InChI is InChI=1S/C16H20N2O2.C13H17NO3/c1-9-5-6-13(12(4)19)7-14(9)15-11(3)16(20)18-10(2)8-17-15;1-4-13(15)14-11-9-10(2)5-6-12(11)17-8-7-16-3/h5-7,10,17H,8H2,1-4H3,(H,18,20);4-6,9H,1,7-8H2,2-3H3,(H,14,15)/t10-;/m1./s1. The minimum absolute atomic E-state index is 0.0240. The van der Waals surface area contributed by atoms with E-state index in [-0.39, 0.29) is 23.6 Å². The van der Waals surface area contributed by atoms with Crippen molar-refractivity contribution >= 4 is 29.0 Å². The van der Waals surface area contributed by atoms with Gasteiger partial charge in [-0.15, -0.1) is 0 Å². The van der Waals surface area contributed by atoms with Crippen LogP contribution in [0.1, 0.15) is 47.8 Å². The van der Waals surface area contributed by atoms with Gasteiger partial charge in [0.2, 0.25) is 11.8 Å². The summed E-state index contributed by atoms with van der Waals surface area (Å²) in [6, 6.07) is 11.3. The van der Waals surface area contributed by atoms with E-state index in [1.807, 2.05) is 57.2 Å². The van der Waals surface area contributed by atoms with E-state index in [2.05, 4.69) is 22.5 Å². The third-order valence-electron chi connectivity index (χ3n) is 5.71. The second kappa shape index (κ2) is 14.0. The van der Waals surface area contributed by atoms with Crippen LogP contribution in [0.25, 0.3) is 5.70 Å². The van der Waals surface area contributed by atoms with Gasteiger partial charge in [0.15, 0.2) is 5.78 Å². The van der Waals surface area contributed by atoms with Crippen molar-refractivity contribution in [3.8, 4) is 5.75 Å². The first-order valence-corrected chi connectivity index (χ1v) is 12.1. The van der Waals surface area contributed by atoms with E-state index in [1.165, 1.54) is 6.08 Å². The van der Waals surface area contributed by atoms with Crippen LogP contribution in [0.15, 0.2) is 54.6 Å². The van der Waals surface area contributed by atoms with Crippen LogP contribution in [0.3, 0.4) is 0 Å². The number of Topliss-reactive ketones (excluding diaryl/α,β-unsaturated/α-hetero) is 1. The summed E-state index contributed by atoms with van der Waals surface area (Å²) >= 11 is 0. The molecule has 0 aromatic heterocycles. The highest BCUT2D eigenvalue weighted by Crippen LogP contribution is 2.26. The zero-order valence-corrected chi connectivity index (χ0v) is 22.5. The van der Waals surface area contributed by atoms with Gasteiger partial charge in [-0.1, -0.05) is 24.8 Å². The van der Waals surface area contributed by atoms with Crippen molar-refractivity contribution in [1.82, 2.24) is 10.6 Å². The zero-order chi connectivity index (χ0) is 27.5. The number of nitrogens with one attached hydrogen (secondary N) is 3. The number of rotatable bonds is 8. The van der Waals surface area contributed by atoms with E-state index in [9.17, 15) is 14.4 Å². The predicted molar refractivity (Wildman–Crippen MR) is 147 cm³/mol. The number of amides is 2. The first-order chi connectivity index (χ1) is 17.6. The molecule has 37 heavy (non-hydrogen) atoms. The summed E-state index contributed by atoms with van der Waals surface area (Å²) in [6.45, 7) is 14.3. The summed E-state index contributed by atoms with van der Waals surface area (Å²) < 4.78 is 10.4.